The van der Waals surface area contributed by atoms with Crippen LogP contribution in [0, 0.1) is 0 Å². The summed E-state index contributed by atoms with van der Waals surface area (Å²) in [7, 11) is 4.07. The van der Waals surface area contributed by atoms with Crippen LogP contribution in [0.4, 0.5) is 11.4 Å². The number of allylic oxidation sites excluding steroid dienone is 7. The van der Waals surface area contributed by atoms with Crippen LogP contribution in [-0.4, -0.2) is 125 Å². The number of anilines is 1. The van der Waals surface area contributed by atoms with Crippen LogP contribution in [0.2, 0.25) is 0 Å². The zero-order valence-corrected chi connectivity index (χ0v) is 50.0. The van der Waals surface area contributed by atoms with Crippen LogP contribution in [-0.2, 0) is 42.3 Å². The van der Waals surface area contributed by atoms with E-state index in [9.17, 15) is 35.8 Å². The van der Waals surface area contributed by atoms with Gasteiger partial charge in [0, 0.05) is 53.9 Å². The van der Waals surface area contributed by atoms with E-state index in [1.54, 1.807) is 24.3 Å². The molecule has 0 radical (unpaired) electrons. The predicted molar refractivity (Wildman–Crippen MR) is 272 cm³/mol. The molecule has 2 aliphatic heterocycles. The molecular weight excluding hydrogens is 1000 g/mol. The minimum atomic E-state index is -4.43. The maximum absolute atomic E-state index is 12.3. The van der Waals surface area contributed by atoms with Crippen molar-refractivity contribution >= 4 is 60.3 Å². The Balaban J connectivity index is 0.00000504. The Hall–Kier alpha value is -2.42. The molecule has 2 heterocycles. The summed E-state index contributed by atoms with van der Waals surface area (Å²) in [6.45, 7) is 11.5. The molecule has 13 nitrogen and oxygen atoms in total. The van der Waals surface area contributed by atoms with E-state index in [0.29, 0.717) is 31.0 Å². The molecule has 0 aromatic heterocycles. The molecule has 3 aromatic carbocycles. The molecule has 69 heavy (non-hydrogen) atoms. The molecule has 0 spiro atoms. The largest absolute Gasteiger partial charge is 1.00 e. The number of hydrogen-bond donors (Lipinski definition) is 3. The van der Waals surface area contributed by atoms with Crippen LogP contribution in [0.3, 0.4) is 0 Å². The first-order valence-corrected chi connectivity index (χ1v) is 25.5. The zero-order valence-electron chi connectivity index (χ0n) is 44.7. The average molecular weight is 1080 g/mol. The van der Waals surface area contributed by atoms with Gasteiger partial charge in [0.1, 0.15) is 11.5 Å². The van der Waals surface area contributed by atoms with Crippen molar-refractivity contribution in [2.45, 2.75) is 93.3 Å². The van der Waals surface area contributed by atoms with E-state index in [1.807, 2.05) is 24.3 Å². The third kappa shape index (κ3) is 15.1. The topological polar surface area (TPSA) is 162 Å². The summed E-state index contributed by atoms with van der Waals surface area (Å²) >= 11 is 0. The second-order valence-corrected chi connectivity index (χ2v) is 23.7. The molecule has 3 N–H and O–H groups in total. The summed E-state index contributed by atoms with van der Waals surface area (Å²) in [6, 6.07) is 17.2. The number of aliphatic carboxylic acids is 1. The molecule has 368 valence electrons. The Morgan fingerprint density at radius 3 is 1.94 bits per heavy atom. The second-order valence-electron chi connectivity index (χ2n) is 20.9. The molecule has 0 atom stereocenters. The molecule has 3 aromatic rings. The molecule has 6 rings (SSSR count). The van der Waals surface area contributed by atoms with Gasteiger partial charge in [0.2, 0.25) is 5.69 Å². The van der Waals surface area contributed by atoms with Crippen molar-refractivity contribution in [3.63, 3.8) is 0 Å². The number of carboxylic acids is 1. The third-order valence-electron chi connectivity index (χ3n) is 12.9. The zero-order chi connectivity index (χ0) is 48.6. The van der Waals surface area contributed by atoms with Gasteiger partial charge in [-0.05, 0) is 116 Å². The molecule has 0 bridgehead atoms. The van der Waals surface area contributed by atoms with Crippen LogP contribution in [0.5, 0.6) is 5.75 Å². The molecule has 0 fully saturated rings. The fourth-order valence-electron chi connectivity index (χ4n) is 9.32. The van der Waals surface area contributed by atoms with Crippen molar-refractivity contribution < 1.29 is 116 Å². The Kier molecular flexibility index (Phi) is 20.9. The van der Waals surface area contributed by atoms with Gasteiger partial charge in [0.25, 0.3) is 20.2 Å². The Bertz CT molecular complexity index is 2780. The van der Waals surface area contributed by atoms with Crippen LogP contribution in [0.1, 0.15) is 85.8 Å². The van der Waals surface area contributed by atoms with Gasteiger partial charge in [0.15, 0.2) is 12.3 Å². The molecule has 3 aliphatic rings. The average Bonchev–Trinajstić information content (AvgIpc) is 3.55. The van der Waals surface area contributed by atoms with Crippen molar-refractivity contribution in [2.24, 2.45) is 0 Å². The number of aryl methyl sites for hydroxylation is 1. The number of carboxylic acid groups (broad SMARTS) is 1. The van der Waals surface area contributed by atoms with Gasteiger partial charge in [-0.15, -0.1) is 17.0 Å². The maximum atomic E-state index is 12.3. The number of benzene rings is 3. The van der Waals surface area contributed by atoms with E-state index in [1.165, 1.54) is 12.1 Å². The van der Waals surface area contributed by atoms with Crippen LogP contribution in [0.25, 0.3) is 0 Å². The van der Waals surface area contributed by atoms with Crippen LogP contribution in [0.15, 0.2) is 117 Å². The number of hydrogen-bond acceptors (Lipinski definition) is 7. The number of rotatable bonds is 18. The first-order chi connectivity index (χ1) is 30.6. The van der Waals surface area contributed by atoms with Gasteiger partial charge >= 0.3 is 65.1 Å². The van der Waals surface area contributed by atoms with Crippen LogP contribution >= 0.6 is 17.0 Å². The summed E-state index contributed by atoms with van der Waals surface area (Å²) in [5.41, 5.74) is 6.95. The first-order valence-electron chi connectivity index (χ1n) is 22.7. The number of nitrogens with zero attached hydrogens (tertiary/aromatic N) is 4. The molecule has 0 unspecified atom stereocenters. The van der Waals surface area contributed by atoms with Gasteiger partial charge in [-0.25, -0.2) is 0 Å². The fraction of sp³-hybridized carbons (Fsp3) is 0.451. The Labute approximate surface area is 468 Å². The molecule has 0 amide bonds. The Morgan fingerprint density at radius 1 is 0.783 bits per heavy atom. The summed E-state index contributed by atoms with van der Waals surface area (Å²) in [5.74, 6) is 0.439. The van der Waals surface area contributed by atoms with E-state index >= 15 is 0 Å². The fourth-order valence-corrected chi connectivity index (χ4v) is 10.3. The summed E-state index contributed by atoms with van der Waals surface area (Å²) in [6.07, 6.45) is 12.9. The van der Waals surface area contributed by atoms with Gasteiger partial charge in [-0.3, -0.25) is 13.9 Å². The summed E-state index contributed by atoms with van der Waals surface area (Å²) < 4.78 is 80.1. The molecule has 0 saturated carbocycles. The van der Waals surface area contributed by atoms with Gasteiger partial charge in [-0.1, -0.05) is 32.1 Å². The second kappa shape index (κ2) is 23.6. The van der Waals surface area contributed by atoms with E-state index < -0.39 is 37.0 Å². The minimum absolute atomic E-state index is 0. The van der Waals surface area contributed by atoms with E-state index in [4.69, 9.17) is 4.74 Å². The number of carbonyl (C=O) groups is 1. The van der Waals surface area contributed by atoms with Gasteiger partial charge in [-0.2, -0.15) is 21.4 Å². The SMILES string of the molecule is Br.CC1(C)C(=CC=C2CCCC(C=CC3=[N+](CCC[N+](C)(C)C)c4ccc(S(=O)(=O)O)cc4C3(C)C)=C2Oc2ccc(CCC(=O)O)cc2)N(CCC[N+](C)(C)C)c2ccc(S(=O)(=O)O)cc21.[H-].[H-].[Na+].[Na+]. The monoisotopic (exact) mass is 1070 g/mol. The van der Waals surface area contributed by atoms with Gasteiger partial charge in [0.05, 0.1) is 77.0 Å². The number of quaternary nitrogens is 2. The molecular formula is C51H72BrN4Na2O9S2+3. The normalized spacial score (nSPS) is 17.9. The van der Waals surface area contributed by atoms with Crippen molar-refractivity contribution in [1.82, 2.24) is 0 Å². The molecule has 1 aliphatic carbocycles. The molecule has 0 saturated heterocycles. The minimum Gasteiger partial charge on any atom is -1.00 e. The van der Waals surface area contributed by atoms with Crippen molar-refractivity contribution in [1.29, 1.82) is 0 Å². The van der Waals surface area contributed by atoms with Gasteiger partial charge < -0.3 is 26.6 Å². The predicted octanol–water partition coefficient (Wildman–Crippen LogP) is 3.26. The van der Waals surface area contributed by atoms with Crippen molar-refractivity contribution in [3.05, 3.63) is 124 Å². The smallest absolute Gasteiger partial charge is 1.00 e. The van der Waals surface area contributed by atoms with Crippen molar-refractivity contribution in [3.8, 4) is 5.75 Å². The van der Waals surface area contributed by atoms with E-state index in [-0.39, 0.29) is 95.2 Å². The number of halogens is 1. The van der Waals surface area contributed by atoms with Crippen molar-refractivity contribution in [2.75, 3.05) is 73.4 Å². The quantitative estimate of drug-likeness (QED) is 0.0748. The number of ether oxygens (including phenoxy) is 1. The van der Waals surface area contributed by atoms with E-state index in [2.05, 4.69) is 104 Å². The first kappa shape index (κ1) is 60.9. The summed E-state index contributed by atoms with van der Waals surface area (Å²) in [4.78, 5) is 13.3. The Morgan fingerprint density at radius 2 is 1.36 bits per heavy atom. The summed E-state index contributed by atoms with van der Waals surface area (Å²) in [5, 5.41) is 9.27. The van der Waals surface area contributed by atoms with E-state index in [0.717, 1.165) is 105 Å². The third-order valence-corrected chi connectivity index (χ3v) is 14.6. The maximum Gasteiger partial charge on any atom is 1.00 e. The van der Waals surface area contributed by atoms with Crippen LogP contribution < -0.4 is 68.8 Å². The standard InChI is InChI=1S/C51H66N4O9S2.BrH.2Na.2H/c1-50(2)42-34-40(65(58,59)60)23-25-44(42)52(30-12-32-54(5,6)7)46(50)27-19-37-14-11-15-38(49(37)64-39-21-16-36(17-22-39)18-29-48(56)57)20-28-47-51(3,4)43-35-41(66(61,62)63)24-26-45(43)53(47)31-13-33-55(8,9)10;;;;;/h16-17,19-28,34-35H,11-15,18,29-33H2,1-10H3;1H;;;;/q;;2*+1;2*-1/p+3. The molecule has 18 heteroatoms. The number of fused-ring (bicyclic) bond motifs is 2.